The maximum Gasteiger partial charge on any atom is 0.316 e. The maximum atomic E-state index is 11.2. The van der Waals surface area contributed by atoms with Crippen LogP contribution in [-0.2, 0) is 23.8 Å². The molecule has 0 amide bonds. The number of hydrogen-bond donors (Lipinski definition) is 0. The average molecular weight is 229 g/mol. The van der Waals surface area contributed by atoms with Crippen LogP contribution >= 0.6 is 11.6 Å². The molecule has 1 aliphatic heterocycles. The van der Waals surface area contributed by atoms with Gasteiger partial charge in [-0.15, -0.1) is 11.6 Å². The lowest BCUT2D eigenvalue weighted by atomic mass is 9.95. The highest BCUT2D eigenvalue weighted by Crippen LogP contribution is 2.31. The first-order chi connectivity index (χ1) is 5.96. The minimum atomic E-state index is -3.61. The smallest absolute Gasteiger partial charge is 0.316 e. The fourth-order valence-electron chi connectivity index (χ4n) is 1.09. The summed E-state index contributed by atoms with van der Waals surface area (Å²) < 4.78 is 30.8. The van der Waals surface area contributed by atoms with Crippen molar-refractivity contribution in [3.63, 3.8) is 0 Å². The van der Waals surface area contributed by atoms with E-state index in [1.54, 1.807) is 0 Å². The molecule has 0 aromatic heterocycles. The van der Waals surface area contributed by atoms with Crippen LogP contribution in [0.2, 0.25) is 0 Å². The Bertz CT molecular complexity index is 311. The summed E-state index contributed by atoms with van der Waals surface area (Å²) in [6, 6.07) is 0. The van der Waals surface area contributed by atoms with Crippen LogP contribution in [0.25, 0.3) is 0 Å². The average Bonchev–Trinajstić information content (AvgIpc) is 2.41. The molecule has 1 aliphatic rings. The fourth-order valence-corrected chi connectivity index (χ4v) is 2.95. The second-order valence-corrected chi connectivity index (χ2v) is 4.78. The summed E-state index contributed by atoms with van der Waals surface area (Å²) >= 11 is 5.52. The van der Waals surface area contributed by atoms with Crippen LogP contribution in [0.4, 0.5) is 0 Å². The Kier molecular flexibility index (Phi) is 2.84. The van der Waals surface area contributed by atoms with Crippen LogP contribution in [0.3, 0.4) is 0 Å². The predicted octanol–water partition coefficient (Wildman–Crippen LogP) is -0.255. The molecular formula is C6H9ClO5S. The first-order valence-electron chi connectivity index (χ1n) is 3.47. The molecule has 5 nitrogen and oxygen atoms in total. The van der Waals surface area contributed by atoms with Crippen LogP contribution < -0.4 is 0 Å². The van der Waals surface area contributed by atoms with Crippen molar-refractivity contribution in [2.45, 2.75) is 0 Å². The largest absolute Gasteiger partial charge is 0.468 e. The van der Waals surface area contributed by atoms with Crippen LogP contribution in [0.5, 0.6) is 0 Å². The minimum Gasteiger partial charge on any atom is -0.468 e. The zero-order chi connectivity index (χ0) is 10.1. The zero-order valence-electron chi connectivity index (χ0n) is 6.95. The molecule has 0 aromatic rings. The third kappa shape index (κ3) is 1.95. The van der Waals surface area contributed by atoms with Crippen LogP contribution in [0.1, 0.15) is 0 Å². The van der Waals surface area contributed by atoms with Gasteiger partial charge in [-0.05, 0) is 0 Å². The molecule has 1 unspecified atom stereocenters. The normalized spacial score (nSPS) is 31.5. The van der Waals surface area contributed by atoms with Gasteiger partial charge in [0.05, 0.1) is 19.5 Å². The summed E-state index contributed by atoms with van der Waals surface area (Å²) in [5.74, 6) is -1.18. The number of carbonyl (C=O) groups is 1. The van der Waals surface area contributed by atoms with Gasteiger partial charge < -0.3 is 4.74 Å². The Morgan fingerprint density at radius 2 is 2.31 bits per heavy atom. The highest BCUT2D eigenvalue weighted by atomic mass is 35.5. The van der Waals surface area contributed by atoms with Gasteiger partial charge in [-0.25, -0.2) is 0 Å². The van der Waals surface area contributed by atoms with Crippen molar-refractivity contribution < 1.29 is 22.1 Å². The van der Waals surface area contributed by atoms with E-state index < -0.39 is 27.3 Å². The van der Waals surface area contributed by atoms with Crippen molar-refractivity contribution in [2.75, 3.05) is 25.3 Å². The Balaban J connectivity index is 2.92. The number of rotatable bonds is 2. The molecule has 0 spiro atoms. The predicted molar refractivity (Wildman–Crippen MR) is 44.9 cm³/mol. The highest BCUT2D eigenvalue weighted by Gasteiger charge is 2.50. The van der Waals surface area contributed by atoms with Gasteiger partial charge in [-0.3, -0.25) is 8.98 Å². The summed E-state index contributed by atoms with van der Waals surface area (Å²) in [4.78, 5) is 11.2. The van der Waals surface area contributed by atoms with Gasteiger partial charge in [0.2, 0.25) is 0 Å². The number of methoxy groups -OCH3 is 1. The first kappa shape index (κ1) is 10.7. The number of hydrogen-bond acceptors (Lipinski definition) is 5. The van der Waals surface area contributed by atoms with E-state index >= 15 is 0 Å². The van der Waals surface area contributed by atoms with E-state index in [4.69, 9.17) is 11.6 Å². The molecule has 0 N–H and O–H groups in total. The van der Waals surface area contributed by atoms with Gasteiger partial charge in [0, 0.05) is 5.88 Å². The quantitative estimate of drug-likeness (QED) is 0.370. The van der Waals surface area contributed by atoms with E-state index in [-0.39, 0.29) is 12.5 Å². The molecule has 0 bridgehead atoms. The number of halogens is 1. The number of esters is 1. The van der Waals surface area contributed by atoms with Gasteiger partial charge in [-0.2, -0.15) is 8.42 Å². The van der Waals surface area contributed by atoms with E-state index in [9.17, 15) is 13.2 Å². The van der Waals surface area contributed by atoms with Crippen molar-refractivity contribution in [3.05, 3.63) is 0 Å². The summed E-state index contributed by atoms with van der Waals surface area (Å²) in [5, 5.41) is 0. The summed E-state index contributed by atoms with van der Waals surface area (Å²) in [5.41, 5.74) is -1.23. The van der Waals surface area contributed by atoms with Gasteiger partial charge in [-0.1, -0.05) is 0 Å². The van der Waals surface area contributed by atoms with E-state index in [0.29, 0.717) is 0 Å². The van der Waals surface area contributed by atoms with Gasteiger partial charge in [0.15, 0.2) is 0 Å². The molecule has 0 aliphatic carbocycles. The molecule has 1 heterocycles. The summed E-state index contributed by atoms with van der Waals surface area (Å²) in [6.45, 7) is -0.231. The van der Waals surface area contributed by atoms with Gasteiger partial charge in [0.1, 0.15) is 5.41 Å². The molecule has 0 aromatic carbocycles. The molecule has 1 fully saturated rings. The lowest BCUT2D eigenvalue weighted by Gasteiger charge is -2.18. The summed E-state index contributed by atoms with van der Waals surface area (Å²) in [6.07, 6.45) is 0. The van der Waals surface area contributed by atoms with Crippen molar-refractivity contribution in [1.29, 1.82) is 0 Å². The van der Waals surface area contributed by atoms with Gasteiger partial charge in [0.25, 0.3) is 10.1 Å². The van der Waals surface area contributed by atoms with Crippen molar-refractivity contribution in [2.24, 2.45) is 5.41 Å². The monoisotopic (exact) mass is 228 g/mol. The second kappa shape index (κ2) is 3.43. The number of carbonyl (C=O) groups excluding carboxylic acids is 1. The molecule has 1 atom stereocenters. The Labute approximate surface area is 81.1 Å². The topological polar surface area (TPSA) is 69.7 Å². The Morgan fingerprint density at radius 3 is 2.62 bits per heavy atom. The lowest BCUT2D eigenvalue weighted by Crippen LogP contribution is -2.38. The van der Waals surface area contributed by atoms with Crippen molar-refractivity contribution in [1.82, 2.24) is 0 Å². The van der Waals surface area contributed by atoms with Crippen molar-refractivity contribution >= 4 is 27.7 Å². The molecule has 0 saturated carbocycles. The number of ether oxygens (including phenoxy) is 1. The first-order valence-corrected chi connectivity index (χ1v) is 5.58. The standard InChI is InChI=1S/C6H9ClO5S/c1-11-5(8)6(2-7)3-12-13(9,10)4-6/h2-4H2,1H3. The minimum absolute atomic E-state index is 0.126. The van der Waals surface area contributed by atoms with Crippen LogP contribution in [-0.4, -0.2) is 39.7 Å². The molecule has 13 heavy (non-hydrogen) atoms. The van der Waals surface area contributed by atoms with E-state index in [2.05, 4.69) is 8.92 Å². The highest BCUT2D eigenvalue weighted by molar-refractivity contribution is 7.87. The third-order valence-corrected chi connectivity index (χ3v) is 3.74. The third-order valence-electron chi connectivity index (χ3n) is 1.84. The molecular weight excluding hydrogens is 220 g/mol. The SMILES string of the molecule is COC(=O)C1(CCl)COS(=O)(=O)C1. The molecule has 76 valence electrons. The Morgan fingerprint density at radius 1 is 1.69 bits per heavy atom. The van der Waals surface area contributed by atoms with E-state index in [0.717, 1.165) is 0 Å². The number of alkyl halides is 1. The van der Waals surface area contributed by atoms with E-state index in [1.807, 2.05) is 0 Å². The molecule has 7 heteroatoms. The van der Waals surface area contributed by atoms with Gasteiger partial charge >= 0.3 is 5.97 Å². The Hall–Kier alpha value is -0.330. The lowest BCUT2D eigenvalue weighted by molar-refractivity contribution is -0.150. The van der Waals surface area contributed by atoms with E-state index in [1.165, 1.54) is 7.11 Å². The second-order valence-electron chi connectivity index (χ2n) is 2.87. The molecule has 1 saturated heterocycles. The molecule has 1 rings (SSSR count). The van der Waals surface area contributed by atoms with Crippen LogP contribution in [0.15, 0.2) is 0 Å². The maximum absolute atomic E-state index is 11.2. The fraction of sp³-hybridized carbons (Fsp3) is 0.833. The molecule has 0 radical (unpaired) electrons. The zero-order valence-corrected chi connectivity index (χ0v) is 8.52. The summed E-state index contributed by atoms with van der Waals surface area (Å²) in [7, 11) is -2.42. The van der Waals surface area contributed by atoms with Crippen LogP contribution in [0, 0.1) is 5.41 Å². The van der Waals surface area contributed by atoms with Crippen molar-refractivity contribution in [3.8, 4) is 0 Å².